The molecule has 180 valence electrons. The van der Waals surface area contributed by atoms with Gasteiger partial charge >= 0.3 is 0 Å². The van der Waals surface area contributed by atoms with E-state index in [0.29, 0.717) is 24.4 Å². The van der Waals surface area contributed by atoms with Crippen molar-refractivity contribution in [3.05, 3.63) is 108 Å². The molecule has 3 aromatic rings. The Morgan fingerprint density at radius 3 is 2.34 bits per heavy atom. The maximum absolute atomic E-state index is 13.1. The molecule has 6 heteroatoms. The van der Waals surface area contributed by atoms with Gasteiger partial charge in [0.15, 0.2) is 0 Å². The Bertz CT molecular complexity index is 1160. The third-order valence-corrected chi connectivity index (χ3v) is 5.86. The largest absolute Gasteiger partial charge is 0.497 e. The molecule has 35 heavy (non-hydrogen) atoms. The van der Waals surface area contributed by atoms with Gasteiger partial charge < -0.3 is 14.9 Å². The van der Waals surface area contributed by atoms with E-state index in [4.69, 9.17) is 9.57 Å². The first-order valence-electron chi connectivity index (χ1n) is 11.8. The predicted molar refractivity (Wildman–Crippen MR) is 140 cm³/mol. The van der Waals surface area contributed by atoms with Crippen LogP contribution in [0.1, 0.15) is 24.1 Å². The number of carbonyl (C=O) groups is 1. The van der Waals surface area contributed by atoms with Gasteiger partial charge in [-0.25, -0.2) is 0 Å². The zero-order valence-electron chi connectivity index (χ0n) is 20.2. The van der Waals surface area contributed by atoms with Gasteiger partial charge in [0.1, 0.15) is 12.4 Å². The van der Waals surface area contributed by atoms with E-state index in [1.54, 1.807) is 12.0 Å². The summed E-state index contributed by atoms with van der Waals surface area (Å²) < 4.78 is 5.25. The Balaban J connectivity index is 1.35. The number of oxime groups is 1. The van der Waals surface area contributed by atoms with Crippen LogP contribution in [0.2, 0.25) is 0 Å². The highest BCUT2D eigenvalue weighted by molar-refractivity contribution is 6.18. The van der Waals surface area contributed by atoms with Crippen molar-refractivity contribution in [2.24, 2.45) is 5.16 Å². The van der Waals surface area contributed by atoms with Crippen molar-refractivity contribution in [1.82, 2.24) is 5.32 Å². The van der Waals surface area contributed by atoms with E-state index in [-0.39, 0.29) is 11.9 Å². The van der Waals surface area contributed by atoms with Crippen LogP contribution in [0, 0.1) is 0 Å². The van der Waals surface area contributed by atoms with E-state index < -0.39 is 0 Å². The fraction of sp³-hybridized carbons (Fsp3) is 0.241. The molecular formula is C29H31N3O3. The average molecular weight is 470 g/mol. The van der Waals surface area contributed by atoms with Crippen molar-refractivity contribution in [1.29, 1.82) is 0 Å². The van der Waals surface area contributed by atoms with Crippen LogP contribution in [0.15, 0.2) is 102 Å². The van der Waals surface area contributed by atoms with E-state index in [1.807, 2.05) is 73.7 Å². The van der Waals surface area contributed by atoms with Crippen molar-refractivity contribution in [2.75, 3.05) is 31.7 Å². The molecule has 1 fully saturated rings. The van der Waals surface area contributed by atoms with Crippen LogP contribution >= 0.6 is 0 Å². The summed E-state index contributed by atoms with van der Waals surface area (Å²) >= 11 is 0. The van der Waals surface area contributed by atoms with Crippen molar-refractivity contribution in [3.63, 3.8) is 0 Å². The van der Waals surface area contributed by atoms with Crippen LogP contribution in [0.5, 0.6) is 5.75 Å². The Morgan fingerprint density at radius 1 is 0.971 bits per heavy atom. The number of ether oxygens (including phenoxy) is 1. The van der Waals surface area contributed by atoms with Crippen LogP contribution in [0.3, 0.4) is 0 Å². The second-order valence-electron chi connectivity index (χ2n) is 8.34. The van der Waals surface area contributed by atoms with Gasteiger partial charge in [-0.05, 0) is 61.4 Å². The summed E-state index contributed by atoms with van der Waals surface area (Å²) in [5.41, 5.74) is 4.54. The molecule has 0 aliphatic carbocycles. The lowest BCUT2D eigenvalue weighted by Crippen LogP contribution is -2.49. The highest BCUT2D eigenvalue weighted by Gasteiger charge is 2.43. The number of rotatable bonds is 11. The number of carbonyl (C=O) groups excluding carboxylic acids is 1. The molecule has 0 saturated carbocycles. The van der Waals surface area contributed by atoms with E-state index in [9.17, 15) is 4.79 Å². The molecule has 1 aliphatic heterocycles. The average Bonchev–Trinajstić information content (AvgIpc) is 2.91. The minimum atomic E-state index is -0.179. The number of β-lactam (4-membered cyclic amide) rings is 1. The fourth-order valence-electron chi connectivity index (χ4n) is 4.08. The SMILES string of the molecule is COc1ccc(N2C(=O)C(=CC(C)=NOCCNCCc3ccccc3)C2c2ccccc2)cc1. The van der Waals surface area contributed by atoms with Crippen LogP contribution < -0.4 is 15.0 Å². The van der Waals surface area contributed by atoms with Gasteiger partial charge in [0.25, 0.3) is 5.91 Å². The van der Waals surface area contributed by atoms with Crippen LogP contribution in [0.25, 0.3) is 0 Å². The van der Waals surface area contributed by atoms with Gasteiger partial charge in [-0.2, -0.15) is 0 Å². The van der Waals surface area contributed by atoms with Gasteiger partial charge in [0.2, 0.25) is 0 Å². The van der Waals surface area contributed by atoms with Gasteiger partial charge in [-0.1, -0.05) is 65.8 Å². The molecule has 1 aliphatic rings. The van der Waals surface area contributed by atoms with Gasteiger partial charge in [-0.3, -0.25) is 9.69 Å². The highest BCUT2D eigenvalue weighted by Crippen LogP contribution is 2.43. The first-order chi connectivity index (χ1) is 17.2. The van der Waals surface area contributed by atoms with Crippen molar-refractivity contribution in [3.8, 4) is 5.75 Å². The lowest BCUT2D eigenvalue weighted by Gasteiger charge is -2.43. The molecule has 4 rings (SSSR count). The lowest BCUT2D eigenvalue weighted by molar-refractivity contribution is -0.119. The zero-order valence-corrected chi connectivity index (χ0v) is 20.2. The lowest BCUT2D eigenvalue weighted by atomic mass is 9.86. The molecule has 1 saturated heterocycles. The Hall–Kier alpha value is -3.90. The number of hydrogen-bond acceptors (Lipinski definition) is 5. The Kier molecular flexibility index (Phi) is 8.30. The number of hydrogen-bond donors (Lipinski definition) is 1. The number of benzene rings is 3. The fourth-order valence-corrected chi connectivity index (χ4v) is 4.08. The Morgan fingerprint density at radius 2 is 1.66 bits per heavy atom. The van der Waals surface area contributed by atoms with E-state index >= 15 is 0 Å². The summed E-state index contributed by atoms with van der Waals surface area (Å²) in [6.07, 6.45) is 2.80. The molecule has 3 aromatic carbocycles. The van der Waals surface area contributed by atoms with Crippen LogP contribution in [-0.2, 0) is 16.1 Å². The normalized spacial score (nSPS) is 16.8. The number of methoxy groups -OCH3 is 1. The summed E-state index contributed by atoms with van der Waals surface area (Å²) in [6, 6.07) is 27.7. The minimum absolute atomic E-state index is 0.0406. The first kappa shape index (κ1) is 24.2. The molecule has 1 heterocycles. The summed E-state index contributed by atoms with van der Waals surface area (Å²) in [4.78, 5) is 20.4. The second-order valence-corrected chi connectivity index (χ2v) is 8.34. The van der Waals surface area contributed by atoms with Crippen LogP contribution in [0.4, 0.5) is 5.69 Å². The molecule has 1 unspecified atom stereocenters. The molecule has 1 atom stereocenters. The molecular weight excluding hydrogens is 438 g/mol. The highest BCUT2D eigenvalue weighted by atomic mass is 16.6. The summed E-state index contributed by atoms with van der Waals surface area (Å²) in [6.45, 7) is 3.90. The van der Waals surface area contributed by atoms with Crippen LogP contribution in [-0.4, -0.2) is 38.4 Å². The summed E-state index contributed by atoms with van der Waals surface area (Å²) in [5.74, 6) is 0.713. The molecule has 0 aromatic heterocycles. The Labute approximate surface area is 206 Å². The topological polar surface area (TPSA) is 63.2 Å². The van der Waals surface area contributed by atoms with E-state index in [2.05, 4.69) is 34.7 Å². The third-order valence-electron chi connectivity index (χ3n) is 5.86. The molecule has 0 radical (unpaired) electrons. The summed E-state index contributed by atoms with van der Waals surface area (Å²) in [7, 11) is 1.63. The predicted octanol–water partition coefficient (Wildman–Crippen LogP) is 4.93. The molecule has 0 bridgehead atoms. The monoisotopic (exact) mass is 469 g/mol. The first-order valence-corrected chi connectivity index (χ1v) is 11.8. The number of nitrogens with zero attached hydrogens (tertiary/aromatic N) is 2. The van der Waals surface area contributed by atoms with E-state index in [1.165, 1.54) is 5.56 Å². The second kappa shape index (κ2) is 12.0. The van der Waals surface area contributed by atoms with Gasteiger partial charge in [0.05, 0.1) is 18.9 Å². The number of allylic oxidation sites excluding steroid dienone is 1. The smallest absolute Gasteiger partial charge is 0.257 e. The van der Waals surface area contributed by atoms with E-state index in [0.717, 1.165) is 30.0 Å². The van der Waals surface area contributed by atoms with Gasteiger partial charge in [-0.15, -0.1) is 0 Å². The quantitative estimate of drug-likeness (QED) is 0.142. The maximum atomic E-state index is 13.1. The van der Waals surface area contributed by atoms with Gasteiger partial charge in [0, 0.05) is 17.8 Å². The summed E-state index contributed by atoms with van der Waals surface area (Å²) in [5, 5.41) is 7.56. The van der Waals surface area contributed by atoms with Crippen molar-refractivity contribution in [2.45, 2.75) is 19.4 Å². The van der Waals surface area contributed by atoms with Crippen molar-refractivity contribution < 1.29 is 14.4 Å². The standard InChI is InChI=1S/C29H31N3O3/c1-22(31-35-20-19-30-18-17-23-9-5-3-6-10-23)21-27-28(24-11-7-4-8-12-24)32(29(27)33)25-13-15-26(34-2)16-14-25/h3-16,21,28,30H,17-20H2,1-2H3. The third kappa shape index (κ3) is 6.16. The number of nitrogens with one attached hydrogen (secondary N) is 1. The molecule has 1 N–H and O–H groups in total. The zero-order chi connectivity index (χ0) is 24.5. The molecule has 1 amide bonds. The maximum Gasteiger partial charge on any atom is 0.257 e. The van der Waals surface area contributed by atoms with Crippen molar-refractivity contribution >= 4 is 17.3 Å². The molecule has 6 nitrogen and oxygen atoms in total. The number of anilines is 1. The molecule has 0 spiro atoms. The number of amides is 1. The minimum Gasteiger partial charge on any atom is -0.497 e.